The van der Waals surface area contributed by atoms with Crippen LogP contribution >= 0.6 is 0 Å². The van der Waals surface area contributed by atoms with Crippen molar-refractivity contribution in [3.8, 4) is 0 Å². The summed E-state index contributed by atoms with van der Waals surface area (Å²) in [4.78, 5) is 3.40. The minimum Gasteiger partial charge on any atom is -0.361 e. The zero-order chi connectivity index (χ0) is 15.8. The van der Waals surface area contributed by atoms with Gasteiger partial charge in [-0.05, 0) is 26.0 Å². The van der Waals surface area contributed by atoms with E-state index in [1.54, 1.807) is 13.8 Å². The predicted molar refractivity (Wildman–Crippen MR) is 66.1 cm³/mol. The van der Waals surface area contributed by atoms with E-state index in [1.807, 2.05) is 0 Å². The van der Waals surface area contributed by atoms with Crippen molar-refractivity contribution < 1.29 is 26.1 Å². The smallest absolute Gasteiger partial charge is 0.361 e. The first-order valence-corrected chi connectivity index (χ1v) is 7.44. The Labute approximate surface area is 118 Å². The van der Waals surface area contributed by atoms with Crippen LogP contribution in [0.15, 0.2) is 27.9 Å². The molecule has 114 valence electrons. The Hall–Kier alpha value is -1.90. The molecule has 0 aromatic carbocycles. The van der Waals surface area contributed by atoms with Crippen molar-refractivity contribution in [2.24, 2.45) is 0 Å². The van der Waals surface area contributed by atoms with Crippen molar-refractivity contribution in [3.63, 3.8) is 0 Å². The first kappa shape index (κ1) is 15.5. The second kappa shape index (κ2) is 5.14. The fourth-order valence-electron chi connectivity index (χ4n) is 1.70. The summed E-state index contributed by atoms with van der Waals surface area (Å²) in [5, 5.41) is 3.21. The molecule has 0 atom stereocenters. The Morgan fingerprint density at radius 2 is 1.90 bits per heavy atom. The first-order chi connectivity index (χ1) is 9.61. The molecule has 0 N–H and O–H groups in total. The third-order valence-electron chi connectivity index (χ3n) is 2.90. The quantitative estimate of drug-likeness (QED) is 0.869. The van der Waals surface area contributed by atoms with Gasteiger partial charge in [-0.2, -0.15) is 13.2 Å². The Morgan fingerprint density at radius 3 is 2.33 bits per heavy atom. The topological polar surface area (TPSA) is 73.1 Å². The summed E-state index contributed by atoms with van der Waals surface area (Å²) in [5.41, 5.74) is -0.196. The van der Waals surface area contributed by atoms with Crippen LogP contribution in [0.2, 0.25) is 0 Å². The number of halogens is 3. The lowest BCUT2D eigenvalue weighted by molar-refractivity contribution is -0.137. The van der Waals surface area contributed by atoms with E-state index in [9.17, 15) is 21.6 Å². The molecule has 0 aliphatic heterocycles. The number of alkyl halides is 3. The van der Waals surface area contributed by atoms with Gasteiger partial charge in [-0.15, -0.1) is 0 Å². The zero-order valence-corrected chi connectivity index (χ0v) is 11.9. The van der Waals surface area contributed by atoms with Gasteiger partial charge >= 0.3 is 6.18 Å². The van der Waals surface area contributed by atoms with Crippen LogP contribution in [0.25, 0.3) is 0 Å². The lowest BCUT2D eigenvalue weighted by Gasteiger charge is -2.07. The first-order valence-electron chi connectivity index (χ1n) is 5.79. The van der Waals surface area contributed by atoms with E-state index in [0.717, 1.165) is 6.07 Å². The Kier molecular flexibility index (Phi) is 3.79. The molecule has 0 aliphatic carbocycles. The molecule has 21 heavy (non-hydrogen) atoms. The highest BCUT2D eigenvalue weighted by Gasteiger charge is 2.31. The summed E-state index contributed by atoms with van der Waals surface area (Å²) in [6, 6.07) is 1.53. The molecular formula is C12H11F3N2O3S. The number of hydrogen-bond donors (Lipinski definition) is 0. The fraction of sp³-hybridized carbons (Fsp3) is 0.333. The average molecular weight is 320 g/mol. The van der Waals surface area contributed by atoms with Crippen molar-refractivity contribution in [2.45, 2.75) is 30.8 Å². The summed E-state index contributed by atoms with van der Waals surface area (Å²) in [6.07, 6.45) is -4.06. The van der Waals surface area contributed by atoms with E-state index < -0.39 is 32.4 Å². The van der Waals surface area contributed by atoms with E-state index in [-0.39, 0.29) is 0 Å². The molecule has 0 fully saturated rings. The minimum atomic E-state index is -4.56. The van der Waals surface area contributed by atoms with Crippen molar-refractivity contribution >= 4 is 9.84 Å². The lowest BCUT2D eigenvalue weighted by atomic mass is 10.2. The van der Waals surface area contributed by atoms with Crippen molar-refractivity contribution in [1.29, 1.82) is 0 Å². The highest BCUT2D eigenvalue weighted by Crippen LogP contribution is 2.29. The van der Waals surface area contributed by atoms with Gasteiger partial charge < -0.3 is 4.52 Å². The number of nitrogens with zero attached hydrogens (tertiary/aromatic N) is 2. The van der Waals surface area contributed by atoms with Crippen LogP contribution in [0.5, 0.6) is 0 Å². The Balaban J connectivity index is 2.32. The molecule has 2 rings (SSSR count). The standard InChI is InChI=1S/C12H11F3N2O3S/c1-7-10(8(2)20-17-7)6-21(18,19)11-4-3-9(5-16-11)12(13,14)15/h3-5H,6H2,1-2H3. The number of hydrogen-bond acceptors (Lipinski definition) is 5. The SMILES string of the molecule is Cc1noc(C)c1CS(=O)(=O)c1ccc(C(F)(F)F)cn1. The van der Waals surface area contributed by atoms with Crippen LogP contribution in [0.1, 0.15) is 22.6 Å². The van der Waals surface area contributed by atoms with Crippen LogP contribution in [0.4, 0.5) is 13.2 Å². The molecule has 2 aromatic rings. The predicted octanol–water partition coefficient (Wildman–Crippen LogP) is 2.68. The van der Waals surface area contributed by atoms with Gasteiger partial charge in [0, 0.05) is 11.8 Å². The molecule has 0 spiro atoms. The molecule has 2 heterocycles. The van der Waals surface area contributed by atoms with E-state index in [2.05, 4.69) is 10.1 Å². The van der Waals surface area contributed by atoms with Crippen LogP contribution in [-0.4, -0.2) is 18.6 Å². The van der Waals surface area contributed by atoms with Crippen LogP contribution in [0.3, 0.4) is 0 Å². The van der Waals surface area contributed by atoms with Gasteiger partial charge in [-0.1, -0.05) is 5.16 Å². The molecule has 0 radical (unpaired) electrons. The van der Waals surface area contributed by atoms with Gasteiger partial charge in [0.25, 0.3) is 0 Å². The summed E-state index contributed by atoms with van der Waals surface area (Å²) < 4.78 is 66.4. The molecule has 9 heteroatoms. The van der Waals surface area contributed by atoms with Gasteiger partial charge in [-0.3, -0.25) is 0 Å². The largest absolute Gasteiger partial charge is 0.417 e. The van der Waals surface area contributed by atoms with Gasteiger partial charge in [0.1, 0.15) is 5.76 Å². The summed E-state index contributed by atoms with van der Waals surface area (Å²) in [6.45, 7) is 3.15. The number of pyridine rings is 1. The van der Waals surface area contributed by atoms with Crippen molar-refractivity contribution in [2.75, 3.05) is 0 Å². The second-order valence-corrected chi connectivity index (χ2v) is 6.38. The Morgan fingerprint density at radius 1 is 1.24 bits per heavy atom. The van der Waals surface area contributed by atoms with E-state index in [0.29, 0.717) is 29.3 Å². The lowest BCUT2D eigenvalue weighted by Crippen LogP contribution is -2.10. The van der Waals surface area contributed by atoms with Gasteiger partial charge in [-0.25, -0.2) is 13.4 Å². The molecule has 0 saturated heterocycles. The van der Waals surface area contributed by atoms with Crippen molar-refractivity contribution in [1.82, 2.24) is 10.1 Å². The molecule has 5 nitrogen and oxygen atoms in total. The minimum absolute atomic E-state index is 0.350. The van der Waals surface area contributed by atoms with E-state index >= 15 is 0 Å². The van der Waals surface area contributed by atoms with Gasteiger partial charge in [0.2, 0.25) is 0 Å². The van der Waals surface area contributed by atoms with Gasteiger partial charge in [0.15, 0.2) is 14.9 Å². The third-order valence-corrected chi connectivity index (χ3v) is 4.45. The number of aryl methyl sites for hydroxylation is 2. The maximum absolute atomic E-state index is 12.4. The highest BCUT2D eigenvalue weighted by atomic mass is 32.2. The molecule has 2 aromatic heterocycles. The normalized spacial score (nSPS) is 12.6. The summed E-state index contributed by atoms with van der Waals surface area (Å²) >= 11 is 0. The summed E-state index contributed by atoms with van der Waals surface area (Å²) in [7, 11) is -3.87. The van der Waals surface area contributed by atoms with Crippen LogP contribution in [0, 0.1) is 13.8 Å². The molecule has 0 bridgehead atoms. The molecule has 0 amide bonds. The van der Waals surface area contributed by atoms with E-state index in [4.69, 9.17) is 4.52 Å². The number of sulfone groups is 1. The summed E-state index contributed by atoms with van der Waals surface area (Å²) in [5.74, 6) is -0.0741. The fourth-order valence-corrected chi connectivity index (χ4v) is 3.13. The second-order valence-electron chi connectivity index (χ2n) is 4.44. The van der Waals surface area contributed by atoms with E-state index in [1.165, 1.54) is 0 Å². The monoisotopic (exact) mass is 320 g/mol. The zero-order valence-electron chi connectivity index (χ0n) is 11.1. The average Bonchev–Trinajstić information content (AvgIpc) is 2.69. The third kappa shape index (κ3) is 3.23. The maximum atomic E-state index is 12.4. The number of aromatic nitrogens is 2. The van der Waals surface area contributed by atoms with Crippen LogP contribution in [-0.2, 0) is 21.8 Å². The van der Waals surface area contributed by atoms with Crippen molar-refractivity contribution in [3.05, 3.63) is 40.9 Å². The molecule has 0 aliphatic rings. The number of rotatable bonds is 3. The maximum Gasteiger partial charge on any atom is 0.417 e. The molecule has 0 saturated carbocycles. The Bertz CT molecular complexity index is 730. The van der Waals surface area contributed by atoms with Crippen LogP contribution < -0.4 is 0 Å². The molecule has 0 unspecified atom stereocenters. The highest BCUT2D eigenvalue weighted by molar-refractivity contribution is 7.90. The molecular weight excluding hydrogens is 309 g/mol. The van der Waals surface area contributed by atoms with Gasteiger partial charge in [0.05, 0.1) is 17.0 Å².